The van der Waals surface area contributed by atoms with Crippen molar-refractivity contribution < 1.29 is 14.3 Å². The summed E-state index contributed by atoms with van der Waals surface area (Å²) in [5.41, 5.74) is 1.67. The Morgan fingerprint density at radius 2 is 1.77 bits per heavy atom. The van der Waals surface area contributed by atoms with Gasteiger partial charge in [0.1, 0.15) is 17.3 Å². The standard InChI is InChI=1S/C24H18Cl2FN5O3/c1-2-32-23(34)20(29-24(35)30-22-17(25)11-28-12-18(22)26)10-19(31-32)14-5-3-4-13(8-14)16-7-6-15(27)9-21(16)33/h3-12,33H,2H2,1H3,(H2,28,29,30,35). The number of halogens is 3. The van der Waals surface area contributed by atoms with Crippen LogP contribution in [-0.4, -0.2) is 25.9 Å². The van der Waals surface area contributed by atoms with Crippen LogP contribution in [0.2, 0.25) is 10.0 Å². The number of carbonyl (C=O) groups is 1. The van der Waals surface area contributed by atoms with Gasteiger partial charge in [-0.25, -0.2) is 13.9 Å². The Morgan fingerprint density at radius 1 is 1.06 bits per heavy atom. The molecule has 0 saturated carbocycles. The first-order valence-corrected chi connectivity index (χ1v) is 11.1. The van der Waals surface area contributed by atoms with E-state index in [1.165, 1.54) is 35.3 Å². The summed E-state index contributed by atoms with van der Waals surface area (Å²) in [4.78, 5) is 29.2. The zero-order chi connectivity index (χ0) is 25.1. The van der Waals surface area contributed by atoms with Gasteiger partial charge in [0.15, 0.2) is 0 Å². The van der Waals surface area contributed by atoms with Crippen LogP contribution >= 0.6 is 23.2 Å². The molecule has 2 aromatic heterocycles. The molecule has 4 aromatic rings. The van der Waals surface area contributed by atoms with Crippen LogP contribution < -0.4 is 16.2 Å². The number of carbonyl (C=O) groups excluding carboxylic acids is 1. The maximum atomic E-state index is 13.4. The summed E-state index contributed by atoms with van der Waals surface area (Å²) in [6, 6.07) is 11.4. The fraction of sp³-hybridized carbons (Fsp3) is 0.0833. The van der Waals surface area contributed by atoms with E-state index in [1.807, 2.05) is 0 Å². The zero-order valence-corrected chi connectivity index (χ0v) is 19.7. The number of aromatic hydroxyl groups is 1. The maximum Gasteiger partial charge on any atom is 0.323 e. The summed E-state index contributed by atoms with van der Waals surface area (Å²) < 4.78 is 14.6. The van der Waals surface area contributed by atoms with Crippen molar-refractivity contribution in [3.63, 3.8) is 0 Å². The van der Waals surface area contributed by atoms with Gasteiger partial charge in [0.05, 0.1) is 21.4 Å². The van der Waals surface area contributed by atoms with Crippen LogP contribution in [0.25, 0.3) is 22.4 Å². The number of anilines is 2. The molecule has 11 heteroatoms. The molecule has 2 amide bonds. The van der Waals surface area contributed by atoms with Crippen LogP contribution in [0.1, 0.15) is 6.92 Å². The highest BCUT2D eigenvalue weighted by Crippen LogP contribution is 2.32. The van der Waals surface area contributed by atoms with Crippen LogP contribution in [0.4, 0.5) is 20.6 Å². The molecule has 35 heavy (non-hydrogen) atoms. The Morgan fingerprint density at radius 3 is 2.46 bits per heavy atom. The molecule has 0 aliphatic carbocycles. The SMILES string of the molecule is CCn1nc(-c2cccc(-c3ccc(F)cc3O)c2)cc(NC(=O)Nc2c(Cl)cncc2Cl)c1=O. The summed E-state index contributed by atoms with van der Waals surface area (Å²) in [6.07, 6.45) is 2.65. The van der Waals surface area contributed by atoms with Gasteiger partial charge >= 0.3 is 6.03 Å². The molecular weight excluding hydrogens is 496 g/mol. The third-order valence-electron chi connectivity index (χ3n) is 5.04. The molecule has 0 fully saturated rings. The predicted molar refractivity (Wildman–Crippen MR) is 134 cm³/mol. The maximum absolute atomic E-state index is 13.4. The lowest BCUT2D eigenvalue weighted by molar-refractivity contribution is 0.262. The highest BCUT2D eigenvalue weighted by Gasteiger charge is 2.15. The van der Waals surface area contributed by atoms with Crippen molar-refractivity contribution >= 4 is 40.6 Å². The number of urea groups is 1. The first-order chi connectivity index (χ1) is 16.8. The van der Waals surface area contributed by atoms with Crippen molar-refractivity contribution in [1.29, 1.82) is 0 Å². The quantitative estimate of drug-likeness (QED) is 0.313. The number of nitrogens with zero attached hydrogens (tertiary/aromatic N) is 3. The van der Waals surface area contributed by atoms with Crippen LogP contribution in [0.15, 0.2) is 65.7 Å². The number of rotatable bonds is 5. The molecule has 0 spiro atoms. The van der Waals surface area contributed by atoms with Crippen LogP contribution in [0.3, 0.4) is 0 Å². The minimum atomic E-state index is -0.734. The molecule has 8 nitrogen and oxygen atoms in total. The Bertz CT molecular complexity index is 1470. The van der Waals surface area contributed by atoms with E-state index in [-0.39, 0.29) is 33.7 Å². The highest BCUT2D eigenvalue weighted by molar-refractivity contribution is 6.39. The molecule has 0 bridgehead atoms. The van der Waals surface area contributed by atoms with Crippen molar-refractivity contribution in [2.24, 2.45) is 0 Å². The van der Waals surface area contributed by atoms with Crippen LogP contribution in [0.5, 0.6) is 5.75 Å². The van der Waals surface area contributed by atoms with E-state index < -0.39 is 17.4 Å². The molecule has 2 heterocycles. The lowest BCUT2D eigenvalue weighted by Crippen LogP contribution is -2.29. The molecular formula is C24H18Cl2FN5O3. The second-order valence-corrected chi connectivity index (χ2v) is 8.18. The van der Waals surface area contributed by atoms with Gasteiger partial charge in [-0.1, -0.05) is 41.4 Å². The first-order valence-electron chi connectivity index (χ1n) is 10.3. The van der Waals surface area contributed by atoms with Crippen molar-refractivity contribution in [1.82, 2.24) is 14.8 Å². The van der Waals surface area contributed by atoms with Crippen LogP contribution in [0, 0.1) is 5.82 Å². The molecule has 4 rings (SSSR count). The normalized spacial score (nSPS) is 10.7. The molecule has 178 valence electrons. The summed E-state index contributed by atoms with van der Waals surface area (Å²) in [7, 11) is 0. The van der Waals surface area contributed by atoms with Crippen molar-refractivity contribution in [3.05, 3.63) is 87.1 Å². The minimum Gasteiger partial charge on any atom is -0.507 e. The van der Waals surface area contributed by atoms with Gasteiger partial charge in [0.25, 0.3) is 5.56 Å². The molecule has 3 N–H and O–H groups in total. The van der Waals surface area contributed by atoms with Gasteiger partial charge in [0, 0.05) is 36.1 Å². The molecule has 2 aromatic carbocycles. The summed E-state index contributed by atoms with van der Waals surface area (Å²) in [5, 5.41) is 19.8. The number of aromatic nitrogens is 3. The van der Waals surface area contributed by atoms with Gasteiger partial charge < -0.3 is 15.7 Å². The smallest absolute Gasteiger partial charge is 0.323 e. The van der Waals surface area contributed by atoms with Gasteiger partial charge in [-0.05, 0) is 36.8 Å². The van der Waals surface area contributed by atoms with E-state index in [2.05, 4.69) is 20.7 Å². The lowest BCUT2D eigenvalue weighted by atomic mass is 10.0. The number of phenols is 1. The largest absolute Gasteiger partial charge is 0.507 e. The van der Waals surface area contributed by atoms with Crippen LogP contribution in [-0.2, 0) is 6.54 Å². The second-order valence-electron chi connectivity index (χ2n) is 7.36. The number of phenolic OH excluding ortho intramolecular Hbond substituents is 1. The number of aryl methyl sites for hydroxylation is 1. The van der Waals surface area contributed by atoms with Gasteiger partial charge in [-0.15, -0.1) is 0 Å². The van der Waals surface area contributed by atoms with E-state index in [9.17, 15) is 19.1 Å². The zero-order valence-electron chi connectivity index (χ0n) is 18.2. The third kappa shape index (κ3) is 5.26. The summed E-state index contributed by atoms with van der Waals surface area (Å²) >= 11 is 12.1. The van der Waals surface area contributed by atoms with Crippen molar-refractivity contribution in [2.75, 3.05) is 10.6 Å². The predicted octanol–water partition coefficient (Wildman–Crippen LogP) is 5.79. The van der Waals surface area contributed by atoms with E-state index >= 15 is 0 Å². The Hall–Kier alpha value is -3.95. The lowest BCUT2D eigenvalue weighted by Gasteiger charge is -2.13. The average Bonchev–Trinajstić information content (AvgIpc) is 2.83. The molecule has 0 aliphatic heterocycles. The number of hydrogen-bond acceptors (Lipinski definition) is 5. The Kier molecular flexibility index (Phi) is 6.99. The average molecular weight is 514 g/mol. The van der Waals surface area contributed by atoms with Gasteiger partial charge in [-0.2, -0.15) is 5.10 Å². The Labute approximate surface area is 209 Å². The monoisotopic (exact) mass is 513 g/mol. The number of amides is 2. The second kappa shape index (κ2) is 10.1. The summed E-state index contributed by atoms with van der Waals surface area (Å²) in [6.45, 7) is 1.99. The number of pyridine rings is 1. The van der Waals surface area contributed by atoms with E-state index in [0.29, 0.717) is 22.4 Å². The fourth-order valence-corrected chi connectivity index (χ4v) is 3.84. The van der Waals surface area contributed by atoms with Crippen molar-refractivity contribution in [2.45, 2.75) is 13.5 Å². The highest BCUT2D eigenvalue weighted by atomic mass is 35.5. The topological polar surface area (TPSA) is 109 Å². The molecule has 0 radical (unpaired) electrons. The van der Waals surface area contributed by atoms with E-state index in [4.69, 9.17) is 23.2 Å². The number of benzene rings is 2. The van der Waals surface area contributed by atoms with Crippen molar-refractivity contribution in [3.8, 4) is 28.1 Å². The van der Waals surface area contributed by atoms with Gasteiger partial charge in [0.2, 0.25) is 0 Å². The Balaban J connectivity index is 1.69. The van der Waals surface area contributed by atoms with E-state index in [1.54, 1.807) is 31.2 Å². The summed E-state index contributed by atoms with van der Waals surface area (Å²) in [5.74, 6) is -0.761. The molecule has 0 saturated heterocycles. The number of hydrogen-bond donors (Lipinski definition) is 3. The minimum absolute atomic E-state index is 0.0225. The number of nitrogens with one attached hydrogen (secondary N) is 2. The van der Waals surface area contributed by atoms with E-state index in [0.717, 1.165) is 6.07 Å². The molecule has 0 aliphatic rings. The molecule has 0 atom stereocenters. The molecule has 0 unspecified atom stereocenters. The first kappa shape index (κ1) is 24.2. The third-order valence-corrected chi connectivity index (χ3v) is 5.62. The fourth-order valence-electron chi connectivity index (χ4n) is 3.38. The van der Waals surface area contributed by atoms with Gasteiger partial charge in [-0.3, -0.25) is 9.78 Å².